The summed E-state index contributed by atoms with van der Waals surface area (Å²) in [4.78, 5) is 13.6. The summed E-state index contributed by atoms with van der Waals surface area (Å²) in [7, 11) is 0. The molecule has 1 rings (SSSR count). The Bertz CT molecular complexity index is 221. The topological polar surface area (TPSA) is 55.6 Å². The van der Waals surface area contributed by atoms with E-state index in [1.807, 2.05) is 13.8 Å². The van der Waals surface area contributed by atoms with Crippen LogP contribution in [0, 0.1) is 0 Å². The third kappa shape index (κ3) is 3.37. The van der Waals surface area contributed by atoms with Gasteiger partial charge in [-0.3, -0.25) is 0 Å². The van der Waals surface area contributed by atoms with E-state index in [0.29, 0.717) is 13.2 Å². The van der Waals surface area contributed by atoms with Crippen LogP contribution < -0.4 is 5.73 Å². The lowest BCUT2D eigenvalue weighted by atomic mass is 9.90. The standard InChI is InChI=1S/C12H24N2O2/c1-3-9-16-12(15)14(4-2)11-8-6-5-7-10(11)13/h10-11H,3-9,13H2,1-2H3. The number of ether oxygens (including phenoxy) is 1. The lowest BCUT2D eigenvalue weighted by Crippen LogP contribution is -2.52. The van der Waals surface area contributed by atoms with Gasteiger partial charge in [-0.1, -0.05) is 19.8 Å². The van der Waals surface area contributed by atoms with Gasteiger partial charge in [0, 0.05) is 12.6 Å². The number of nitrogens with zero attached hydrogens (tertiary/aromatic N) is 1. The Morgan fingerprint density at radius 1 is 1.38 bits per heavy atom. The van der Waals surface area contributed by atoms with Gasteiger partial charge in [-0.2, -0.15) is 0 Å². The Morgan fingerprint density at radius 3 is 2.62 bits per heavy atom. The van der Waals surface area contributed by atoms with Crippen molar-refractivity contribution in [3.63, 3.8) is 0 Å². The van der Waals surface area contributed by atoms with Gasteiger partial charge < -0.3 is 15.4 Å². The van der Waals surface area contributed by atoms with Gasteiger partial charge in [0.05, 0.1) is 12.6 Å². The lowest BCUT2D eigenvalue weighted by Gasteiger charge is -2.37. The summed E-state index contributed by atoms with van der Waals surface area (Å²) in [6.07, 6.45) is 5.03. The van der Waals surface area contributed by atoms with Crippen molar-refractivity contribution >= 4 is 6.09 Å². The Morgan fingerprint density at radius 2 is 2.06 bits per heavy atom. The fourth-order valence-electron chi connectivity index (χ4n) is 2.30. The molecule has 1 aliphatic carbocycles. The first-order valence-corrected chi connectivity index (χ1v) is 6.39. The molecule has 16 heavy (non-hydrogen) atoms. The van der Waals surface area contributed by atoms with E-state index in [4.69, 9.17) is 10.5 Å². The fourth-order valence-corrected chi connectivity index (χ4v) is 2.30. The second-order valence-corrected chi connectivity index (χ2v) is 4.42. The van der Waals surface area contributed by atoms with Gasteiger partial charge in [0.2, 0.25) is 0 Å². The highest BCUT2D eigenvalue weighted by Crippen LogP contribution is 2.22. The molecule has 0 bridgehead atoms. The summed E-state index contributed by atoms with van der Waals surface area (Å²) < 4.78 is 5.18. The molecule has 0 heterocycles. The first-order chi connectivity index (χ1) is 7.70. The SMILES string of the molecule is CCCOC(=O)N(CC)C1CCCCC1N. The average molecular weight is 228 g/mol. The Balaban J connectivity index is 2.53. The zero-order valence-electron chi connectivity index (χ0n) is 10.4. The molecular weight excluding hydrogens is 204 g/mol. The fraction of sp³-hybridized carbons (Fsp3) is 0.917. The molecular formula is C12H24N2O2. The van der Waals surface area contributed by atoms with Gasteiger partial charge in [0.25, 0.3) is 0 Å². The molecule has 1 saturated carbocycles. The first kappa shape index (κ1) is 13.3. The van der Waals surface area contributed by atoms with Crippen molar-refractivity contribution in [1.82, 2.24) is 4.90 Å². The van der Waals surface area contributed by atoms with Crippen LogP contribution in [0.3, 0.4) is 0 Å². The molecule has 4 nitrogen and oxygen atoms in total. The van der Waals surface area contributed by atoms with E-state index in [2.05, 4.69) is 0 Å². The van der Waals surface area contributed by atoms with Crippen LogP contribution in [0.4, 0.5) is 4.79 Å². The van der Waals surface area contributed by atoms with Crippen molar-refractivity contribution < 1.29 is 9.53 Å². The number of rotatable bonds is 4. The maximum Gasteiger partial charge on any atom is 0.410 e. The third-order valence-corrected chi connectivity index (χ3v) is 3.19. The number of hydrogen-bond donors (Lipinski definition) is 1. The number of likely N-dealkylation sites (N-methyl/N-ethyl adjacent to an activating group) is 1. The molecule has 94 valence electrons. The Labute approximate surface area is 98.1 Å². The number of hydrogen-bond acceptors (Lipinski definition) is 3. The van der Waals surface area contributed by atoms with E-state index < -0.39 is 0 Å². The predicted octanol–water partition coefficient (Wildman–Crippen LogP) is 2.12. The number of carbonyl (C=O) groups is 1. The molecule has 2 atom stereocenters. The second-order valence-electron chi connectivity index (χ2n) is 4.42. The van der Waals surface area contributed by atoms with Crippen LogP contribution in [-0.4, -0.2) is 36.2 Å². The van der Waals surface area contributed by atoms with Crippen molar-refractivity contribution in [2.24, 2.45) is 5.73 Å². The predicted molar refractivity (Wildman–Crippen MR) is 64.3 cm³/mol. The van der Waals surface area contributed by atoms with E-state index in [1.165, 1.54) is 6.42 Å². The minimum atomic E-state index is -0.202. The summed E-state index contributed by atoms with van der Waals surface area (Å²) in [6.45, 7) is 5.16. The molecule has 0 aromatic carbocycles. The number of carbonyl (C=O) groups excluding carboxylic acids is 1. The maximum atomic E-state index is 11.8. The smallest absolute Gasteiger partial charge is 0.410 e. The first-order valence-electron chi connectivity index (χ1n) is 6.39. The van der Waals surface area contributed by atoms with E-state index in [-0.39, 0.29) is 18.2 Å². The van der Waals surface area contributed by atoms with E-state index in [9.17, 15) is 4.79 Å². The summed E-state index contributed by atoms with van der Waals surface area (Å²) in [5.41, 5.74) is 6.07. The van der Waals surface area contributed by atoms with Crippen LogP contribution in [0.5, 0.6) is 0 Å². The zero-order chi connectivity index (χ0) is 12.0. The molecule has 2 N–H and O–H groups in total. The van der Waals surface area contributed by atoms with Gasteiger partial charge >= 0.3 is 6.09 Å². The number of nitrogens with two attached hydrogens (primary N) is 1. The quantitative estimate of drug-likeness (QED) is 0.802. The second kappa shape index (κ2) is 6.74. The van der Waals surface area contributed by atoms with Crippen molar-refractivity contribution in [3.05, 3.63) is 0 Å². The molecule has 0 spiro atoms. The minimum absolute atomic E-state index is 0.114. The van der Waals surface area contributed by atoms with Crippen molar-refractivity contribution in [3.8, 4) is 0 Å². The van der Waals surface area contributed by atoms with E-state index in [1.54, 1.807) is 4.90 Å². The van der Waals surface area contributed by atoms with Crippen LogP contribution in [-0.2, 0) is 4.74 Å². The molecule has 2 unspecified atom stereocenters. The van der Waals surface area contributed by atoms with Crippen LogP contribution in [0.15, 0.2) is 0 Å². The highest BCUT2D eigenvalue weighted by Gasteiger charge is 2.30. The summed E-state index contributed by atoms with van der Waals surface area (Å²) in [5, 5.41) is 0. The van der Waals surface area contributed by atoms with Crippen LogP contribution in [0.1, 0.15) is 46.0 Å². The van der Waals surface area contributed by atoms with Crippen molar-refractivity contribution in [2.45, 2.75) is 58.0 Å². The monoisotopic (exact) mass is 228 g/mol. The summed E-state index contributed by atoms with van der Waals surface area (Å²) in [6, 6.07) is 0.283. The van der Waals surface area contributed by atoms with Gasteiger partial charge in [-0.05, 0) is 26.2 Å². The normalized spacial score (nSPS) is 25.2. The minimum Gasteiger partial charge on any atom is -0.449 e. The van der Waals surface area contributed by atoms with E-state index >= 15 is 0 Å². The molecule has 0 aromatic rings. The van der Waals surface area contributed by atoms with Gasteiger partial charge in [0.1, 0.15) is 0 Å². The molecule has 0 radical (unpaired) electrons. The zero-order valence-corrected chi connectivity index (χ0v) is 10.4. The molecule has 0 saturated heterocycles. The lowest BCUT2D eigenvalue weighted by molar-refractivity contribution is 0.0742. The van der Waals surface area contributed by atoms with E-state index in [0.717, 1.165) is 25.7 Å². The largest absolute Gasteiger partial charge is 0.449 e. The Hall–Kier alpha value is -0.770. The van der Waals surface area contributed by atoms with Crippen LogP contribution in [0.25, 0.3) is 0 Å². The third-order valence-electron chi connectivity index (χ3n) is 3.19. The Kier molecular flexibility index (Phi) is 5.60. The van der Waals surface area contributed by atoms with Crippen LogP contribution >= 0.6 is 0 Å². The molecule has 0 aliphatic heterocycles. The molecule has 1 fully saturated rings. The maximum absolute atomic E-state index is 11.8. The van der Waals surface area contributed by atoms with Gasteiger partial charge in [0.15, 0.2) is 0 Å². The van der Waals surface area contributed by atoms with Crippen molar-refractivity contribution in [1.29, 1.82) is 0 Å². The van der Waals surface area contributed by atoms with Crippen LogP contribution in [0.2, 0.25) is 0 Å². The molecule has 0 aromatic heterocycles. The highest BCUT2D eigenvalue weighted by atomic mass is 16.6. The molecule has 1 amide bonds. The molecule has 4 heteroatoms. The summed E-state index contributed by atoms with van der Waals surface area (Å²) in [5.74, 6) is 0. The van der Waals surface area contributed by atoms with Gasteiger partial charge in [-0.25, -0.2) is 4.79 Å². The van der Waals surface area contributed by atoms with Gasteiger partial charge in [-0.15, -0.1) is 0 Å². The highest BCUT2D eigenvalue weighted by molar-refractivity contribution is 5.68. The van der Waals surface area contributed by atoms with Crippen molar-refractivity contribution in [2.75, 3.05) is 13.2 Å². The average Bonchev–Trinajstić information content (AvgIpc) is 2.30. The number of amides is 1. The summed E-state index contributed by atoms with van der Waals surface area (Å²) >= 11 is 0. The molecule has 1 aliphatic rings.